The summed E-state index contributed by atoms with van der Waals surface area (Å²) in [6, 6.07) is 10.3. The van der Waals surface area contributed by atoms with E-state index >= 15 is 0 Å². The summed E-state index contributed by atoms with van der Waals surface area (Å²) in [4.78, 5) is 11.8. The number of aliphatic hydroxyl groups excluding tert-OH is 1. The third-order valence-corrected chi connectivity index (χ3v) is 4.42. The topological polar surface area (TPSA) is 61.4 Å². The number of amides is 1. The minimum atomic E-state index is -0.538. The molecule has 0 saturated carbocycles. The quantitative estimate of drug-likeness (QED) is 0.746. The molecule has 4 nitrogen and oxygen atoms in total. The fourth-order valence-corrected chi connectivity index (χ4v) is 3.07. The zero-order valence-corrected chi connectivity index (χ0v) is 12.9. The molecule has 1 saturated heterocycles. The molecule has 1 heterocycles. The zero-order chi connectivity index (χ0) is 15.3. The lowest BCUT2D eigenvalue weighted by atomic mass is 9.86. The van der Waals surface area contributed by atoms with Crippen molar-refractivity contribution >= 4 is 5.91 Å². The fraction of sp³-hybridized carbons (Fsp3) is 0.588. The first-order chi connectivity index (χ1) is 10.1. The molecule has 1 aromatic carbocycles. The van der Waals surface area contributed by atoms with Crippen molar-refractivity contribution in [1.29, 1.82) is 0 Å². The molecule has 0 spiro atoms. The van der Waals surface area contributed by atoms with E-state index in [1.807, 2.05) is 32.0 Å². The number of benzene rings is 1. The van der Waals surface area contributed by atoms with Crippen LogP contribution in [-0.2, 0) is 11.2 Å². The highest BCUT2D eigenvalue weighted by molar-refractivity contribution is 5.76. The van der Waals surface area contributed by atoms with Crippen LogP contribution < -0.4 is 10.6 Å². The minimum Gasteiger partial charge on any atom is -0.389 e. The van der Waals surface area contributed by atoms with Gasteiger partial charge in [0, 0.05) is 19.0 Å². The Morgan fingerprint density at radius 2 is 2.14 bits per heavy atom. The standard InChI is InChI=1S/C17H26N2O2/c1-3-15(20)19-17(12-18-13(2)16(17)21)11-7-10-14-8-5-4-6-9-14/h4-6,8-9,13,16,18,21H,3,7,10-12H2,1-2H3,(H,19,20)/t13-,16+,17-/m0/s1. The van der Waals surface area contributed by atoms with Crippen molar-refractivity contribution in [3.63, 3.8) is 0 Å². The summed E-state index contributed by atoms with van der Waals surface area (Å²) >= 11 is 0. The van der Waals surface area contributed by atoms with Gasteiger partial charge in [-0.15, -0.1) is 0 Å². The summed E-state index contributed by atoms with van der Waals surface area (Å²) in [6.07, 6.45) is 2.60. The van der Waals surface area contributed by atoms with Gasteiger partial charge in [-0.05, 0) is 31.7 Å². The molecule has 1 aliphatic heterocycles. The molecule has 1 aromatic rings. The number of aliphatic hydroxyl groups is 1. The van der Waals surface area contributed by atoms with Crippen LogP contribution in [0.5, 0.6) is 0 Å². The fourth-order valence-electron chi connectivity index (χ4n) is 3.07. The predicted octanol–water partition coefficient (Wildman–Crippen LogP) is 1.63. The van der Waals surface area contributed by atoms with Crippen LogP contribution in [0.1, 0.15) is 38.7 Å². The highest BCUT2D eigenvalue weighted by Crippen LogP contribution is 2.26. The lowest BCUT2D eigenvalue weighted by Gasteiger charge is -2.34. The van der Waals surface area contributed by atoms with Crippen LogP contribution in [0, 0.1) is 0 Å². The van der Waals surface area contributed by atoms with E-state index in [2.05, 4.69) is 22.8 Å². The molecule has 0 bridgehead atoms. The smallest absolute Gasteiger partial charge is 0.220 e. The monoisotopic (exact) mass is 290 g/mol. The second kappa shape index (κ2) is 7.05. The Kier molecular flexibility index (Phi) is 5.37. The van der Waals surface area contributed by atoms with E-state index in [0.717, 1.165) is 19.3 Å². The van der Waals surface area contributed by atoms with Gasteiger partial charge in [0.05, 0.1) is 11.6 Å². The van der Waals surface area contributed by atoms with Crippen LogP contribution >= 0.6 is 0 Å². The van der Waals surface area contributed by atoms with Gasteiger partial charge < -0.3 is 15.7 Å². The first-order valence-corrected chi connectivity index (χ1v) is 7.84. The summed E-state index contributed by atoms with van der Waals surface area (Å²) in [5, 5.41) is 16.8. The second-order valence-electron chi connectivity index (χ2n) is 6.01. The molecule has 3 N–H and O–H groups in total. The van der Waals surface area contributed by atoms with Crippen LogP contribution in [0.15, 0.2) is 30.3 Å². The molecule has 2 rings (SSSR count). The maximum Gasteiger partial charge on any atom is 0.220 e. The number of hydrogen-bond acceptors (Lipinski definition) is 3. The highest BCUT2D eigenvalue weighted by Gasteiger charge is 2.46. The van der Waals surface area contributed by atoms with Crippen molar-refractivity contribution in [1.82, 2.24) is 10.6 Å². The van der Waals surface area contributed by atoms with E-state index in [0.29, 0.717) is 13.0 Å². The molecular formula is C17H26N2O2. The van der Waals surface area contributed by atoms with E-state index in [1.165, 1.54) is 5.56 Å². The normalized spacial score (nSPS) is 28.5. The molecule has 1 aliphatic rings. The Balaban J connectivity index is 1.98. The van der Waals surface area contributed by atoms with Crippen LogP contribution in [0.2, 0.25) is 0 Å². The zero-order valence-electron chi connectivity index (χ0n) is 12.9. The third kappa shape index (κ3) is 3.83. The minimum absolute atomic E-state index is 0.00432. The first kappa shape index (κ1) is 16.0. The van der Waals surface area contributed by atoms with Gasteiger partial charge in [0.2, 0.25) is 5.91 Å². The summed E-state index contributed by atoms with van der Waals surface area (Å²) in [5.41, 5.74) is 0.768. The largest absolute Gasteiger partial charge is 0.389 e. The van der Waals surface area contributed by atoms with Gasteiger partial charge in [0.1, 0.15) is 0 Å². The average Bonchev–Trinajstić information content (AvgIpc) is 2.77. The van der Waals surface area contributed by atoms with Crippen LogP contribution in [0.25, 0.3) is 0 Å². The molecule has 4 heteroatoms. The highest BCUT2D eigenvalue weighted by atomic mass is 16.3. The Labute approximate surface area is 126 Å². The lowest BCUT2D eigenvalue weighted by molar-refractivity contribution is -0.124. The van der Waals surface area contributed by atoms with Crippen LogP contribution in [0.3, 0.4) is 0 Å². The molecule has 21 heavy (non-hydrogen) atoms. The van der Waals surface area contributed by atoms with Crippen molar-refractivity contribution in [3.05, 3.63) is 35.9 Å². The van der Waals surface area contributed by atoms with Gasteiger partial charge in [-0.3, -0.25) is 4.79 Å². The number of nitrogens with one attached hydrogen (secondary N) is 2. The van der Waals surface area contributed by atoms with Gasteiger partial charge >= 0.3 is 0 Å². The molecular weight excluding hydrogens is 264 g/mol. The molecule has 0 aliphatic carbocycles. The molecule has 1 amide bonds. The molecule has 0 aromatic heterocycles. The van der Waals surface area contributed by atoms with Gasteiger partial charge in [-0.1, -0.05) is 37.3 Å². The lowest BCUT2D eigenvalue weighted by Crippen LogP contribution is -2.57. The van der Waals surface area contributed by atoms with Crippen LogP contribution in [-0.4, -0.2) is 35.2 Å². The summed E-state index contributed by atoms with van der Waals surface area (Å²) in [7, 11) is 0. The SMILES string of the molecule is CCC(=O)N[C@@]1(CCCc2ccccc2)CN[C@@H](C)[C@H]1O. The summed E-state index contributed by atoms with van der Waals surface area (Å²) in [6.45, 7) is 4.43. The van der Waals surface area contributed by atoms with E-state index < -0.39 is 11.6 Å². The van der Waals surface area contributed by atoms with Crippen LogP contribution in [0.4, 0.5) is 0 Å². The van der Waals surface area contributed by atoms with Gasteiger partial charge in [0.15, 0.2) is 0 Å². The van der Waals surface area contributed by atoms with Gasteiger partial charge in [-0.2, -0.15) is 0 Å². The van der Waals surface area contributed by atoms with Gasteiger partial charge in [-0.25, -0.2) is 0 Å². The average molecular weight is 290 g/mol. The Bertz CT molecular complexity index is 463. The van der Waals surface area contributed by atoms with Crippen molar-refractivity contribution in [2.24, 2.45) is 0 Å². The summed E-state index contributed by atoms with van der Waals surface area (Å²) < 4.78 is 0. The molecule has 1 fully saturated rings. The molecule has 0 radical (unpaired) electrons. The second-order valence-corrected chi connectivity index (χ2v) is 6.01. The number of rotatable bonds is 6. The molecule has 3 atom stereocenters. The number of aryl methyl sites for hydroxylation is 1. The van der Waals surface area contributed by atoms with E-state index in [-0.39, 0.29) is 11.9 Å². The molecule has 116 valence electrons. The van der Waals surface area contributed by atoms with E-state index in [1.54, 1.807) is 0 Å². The summed E-state index contributed by atoms with van der Waals surface area (Å²) in [5.74, 6) is 0.00432. The van der Waals surface area contributed by atoms with E-state index in [9.17, 15) is 9.90 Å². The Morgan fingerprint density at radius 1 is 1.43 bits per heavy atom. The van der Waals surface area contributed by atoms with E-state index in [4.69, 9.17) is 0 Å². The molecule has 0 unspecified atom stereocenters. The predicted molar refractivity (Wildman–Crippen MR) is 84.0 cm³/mol. The maximum atomic E-state index is 11.8. The van der Waals surface area contributed by atoms with Gasteiger partial charge in [0.25, 0.3) is 0 Å². The third-order valence-electron chi connectivity index (χ3n) is 4.42. The Morgan fingerprint density at radius 3 is 2.71 bits per heavy atom. The Hall–Kier alpha value is -1.39. The first-order valence-electron chi connectivity index (χ1n) is 7.84. The number of carbonyl (C=O) groups is 1. The van der Waals surface area contributed by atoms with Crippen molar-refractivity contribution in [3.8, 4) is 0 Å². The van der Waals surface area contributed by atoms with Crippen molar-refractivity contribution in [2.45, 2.75) is 57.2 Å². The van der Waals surface area contributed by atoms with Crippen molar-refractivity contribution < 1.29 is 9.90 Å². The number of hydrogen-bond donors (Lipinski definition) is 3. The maximum absolute atomic E-state index is 11.8. The van der Waals surface area contributed by atoms with Crippen molar-refractivity contribution in [2.75, 3.05) is 6.54 Å². The number of carbonyl (C=O) groups excluding carboxylic acids is 1.